The average Bonchev–Trinajstić information content (AvgIpc) is 3.04. The molecule has 1 saturated heterocycles. The minimum absolute atomic E-state index is 0.0852. The number of aromatic nitrogens is 2. The van der Waals surface area contributed by atoms with Crippen molar-refractivity contribution in [1.82, 2.24) is 14.9 Å². The van der Waals surface area contributed by atoms with Gasteiger partial charge in [0.1, 0.15) is 5.82 Å². The first-order valence-corrected chi connectivity index (χ1v) is 8.22. The number of piperidine rings is 1. The van der Waals surface area contributed by atoms with Gasteiger partial charge >= 0.3 is 0 Å². The Bertz CT molecular complexity index is 460. The molecule has 2 fully saturated rings. The van der Waals surface area contributed by atoms with E-state index in [1.54, 1.807) is 6.20 Å². The Morgan fingerprint density at radius 2 is 2.10 bits per heavy atom. The second kappa shape index (κ2) is 6.60. The minimum Gasteiger partial charge on any atom is -0.393 e. The van der Waals surface area contributed by atoms with Crippen molar-refractivity contribution in [2.24, 2.45) is 5.92 Å². The summed E-state index contributed by atoms with van der Waals surface area (Å²) in [5.41, 5.74) is 0. The standard InChI is InChI=1S/C16H25N3O2/c20-14-7-2-1-5-12(14)11-15(21)19-10-4-3-6-13(19)16-17-8-9-18-16/h8-9,12-14,20H,1-7,10-11H2,(H,17,18)/t12-,13?,14+/m0/s1. The topological polar surface area (TPSA) is 69.2 Å². The third-order valence-electron chi connectivity index (χ3n) is 4.96. The molecule has 1 aromatic heterocycles. The maximum Gasteiger partial charge on any atom is 0.223 e. The molecule has 0 bridgehead atoms. The Morgan fingerprint density at radius 1 is 1.29 bits per heavy atom. The number of aromatic amines is 1. The number of carbonyl (C=O) groups excluding carboxylic acids is 1. The van der Waals surface area contributed by atoms with Gasteiger partial charge in [-0.2, -0.15) is 0 Å². The molecule has 5 nitrogen and oxygen atoms in total. The molecule has 5 heteroatoms. The van der Waals surface area contributed by atoms with Gasteiger partial charge in [0, 0.05) is 25.4 Å². The number of aliphatic hydroxyl groups excluding tert-OH is 1. The highest BCUT2D eigenvalue weighted by Gasteiger charge is 2.32. The lowest BCUT2D eigenvalue weighted by atomic mass is 9.84. The summed E-state index contributed by atoms with van der Waals surface area (Å²) < 4.78 is 0. The fraction of sp³-hybridized carbons (Fsp3) is 0.750. The largest absolute Gasteiger partial charge is 0.393 e. The van der Waals surface area contributed by atoms with Crippen LogP contribution in [-0.4, -0.2) is 38.5 Å². The van der Waals surface area contributed by atoms with E-state index in [1.165, 1.54) is 0 Å². The fourth-order valence-corrected chi connectivity index (χ4v) is 3.74. The Balaban J connectivity index is 1.66. The first kappa shape index (κ1) is 14.6. The molecule has 1 amide bonds. The molecule has 1 saturated carbocycles. The van der Waals surface area contributed by atoms with Crippen LogP contribution in [-0.2, 0) is 4.79 Å². The van der Waals surface area contributed by atoms with Gasteiger partial charge in [-0.3, -0.25) is 4.79 Å². The zero-order valence-electron chi connectivity index (χ0n) is 12.5. The minimum atomic E-state index is -0.297. The van der Waals surface area contributed by atoms with Crippen molar-refractivity contribution in [3.05, 3.63) is 18.2 Å². The third-order valence-corrected chi connectivity index (χ3v) is 4.96. The number of likely N-dealkylation sites (tertiary alicyclic amines) is 1. The number of H-pyrrole nitrogens is 1. The van der Waals surface area contributed by atoms with Gasteiger partial charge in [0.15, 0.2) is 0 Å². The molecule has 0 aromatic carbocycles. The van der Waals surface area contributed by atoms with Crippen LogP contribution in [0.5, 0.6) is 0 Å². The van der Waals surface area contributed by atoms with Crippen LogP contribution < -0.4 is 0 Å². The molecule has 1 unspecified atom stereocenters. The van der Waals surface area contributed by atoms with Gasteiger partial charge in [-0.25, -0.2) is 4.98 Å². The number of rotatable bonds is 3. The van der Waals surface area contributed by atoms with Crippen LogP contribution in [0.2, 0.25) is 0 Å². The van der Waals surface area contributed by atoms with Crippen molar-refractivity contribution in [1.29, 1.82) is 0 Å². The van der Waals surface area contributed by atoms with E-state index >= 15 is 0 Å². The molecule has 21 heavy (non-hydrogen) atoms. The van der Waals surface area contributed by atoms with Gasteiger partial charge in [-0.05, 0) is 38.0 Å². The first-order valence-electron chi connectivity index (χ1n) is 8.22. The summed E-state index contributed by atoms with van der Waals surface area (Å²) in [5, 5.41) is 10.1. The lowest BCUT2D eigenvalue weighted by molar-refractivity contribution is -0.137. The summed E-state index contributed by atoms with van der Waals surface area (Å²) in [5.74, 6) is 1.22. The van der Waals surface area contributed by atoms with Crippen molar-refractivity contribution >= 4 is 5.91 Å². The van der Waals surface area contributed by atoms with Crippen LogP contribution in [0, 0.1) is 5.92 Å². The number of imidazole rings is 1. The quantitative estimate of drug-likeness (QED) is 0.898. The zero-order chi connectivity index (χ0) is 14.7. The summed E-state index contributed by atoms with van der Waals surface area (Å²) >= 11 is 0. The normalized spacial score (nSPS) is 30.3. The number of hydrogen-bond acceptors (Lipinski definition) is 3. The van der Waals surface area contributed by atoms with Crippen molar-refractivity contribution in [3.8, 4) is 0 Å². The maximum atomic E-state index is 12.7. The fourth-order valence-electron chi connectivity index (χ4n) is 3.74. The number of carbonyl (C=O) groups is 1. The van der Waals surface area contributed by atoms with E-state index < -0.39 is 0 Å². The van der Waals surface area contributed by atoms with Crippen LogP contribution in [0.3, 0.4) is 0 Å². The third kappa shape index (κ3) is 3.28. The Hall–Kier alpha value is -1.36. The molecular weight excluding hydrogens is 266 g/mol. The van der Waals surface area contributed by atoms with Crippen molar-refractivity contribution < 1.29 is 9.90 Å². The van der Waals surface area contributed by atoms with Gasteiger partial charge < -0.3 is 15.0 Å². The van der Waals surface area contributed by atoms with Gasteiger partial charge in [0.2, 0.25) is 5.91 Å². The molecule has 1 aromatic rings. The van der Waals surface area contributed by atoms with E-state index in [1.807, 2.05) is 11.1 Å². The van der Waals surface area contributed by atoms with Gasteiger partial charge in [0.05, 0.1) is 12.1 Å². The van der Waals surface area contributed by atoms with Crippen molar-refractivity contribution in [2.45, 2.75) is 63.5 Å². The van der Waals surface area contributed by atoms with Gasteiger partial charge in [-0.1, -0.05) is 12.8 Å². The van der Waals surface area contributed by atoms with E-state index in [-0.39, 0.29) is 24.0 Å². The van der Waals surface area contributed by atoms with Crippen LogP contribution in [0.15, 0.2) is 12.4 Å². The van der Waals surface area contributed by atoms with E-state index in [2.05, 4.69) is 9.97 Å². The number of nitrogens with zero attached hydrogens (tertiary/aromatic N) is 2. The molecule has 2 heterocycles. The molecule has 116 valence electrons. The Labute approximate surface area is 125 Å². The van der Waals surface area contributed by atoms with Crippen molar-refractivity contribution in [2.75, 3.05) is 6.54 Å². The zero-order valence-corrected chi connectivity index (χ0v) is 12.5. The highest BCUT2D eigenvalue weighted by atomic mass is 16.3. The number of hydrogen-bond donors (Lipinski definition) is 2. The second-order valence-electron chi connectivity index (χ2n) is 6.39. The Morgan fingerprint density at radius 3 is 2.86 bits per heavy atom. The number of nitrogens with one attached hydrogen (secondary N) is 1. The first-order chi connectivity index (χ1) is 10.3. The summed E-state index contributed by atoms with van der Waals surface area (Å²) in [7, 11) is 0. The molecular formula is C16H25N3O2. The molecule has 1 aliphatic heterocycles. The summed E-state index contributed by atoms with van der Waals surface area (Å²) in [6, 6.07) is 0.0852. The molecule has 1 aliphatic carbocycles. The van der Waals surface area contributed by atoms with E-state index in [0.29, 0.717) is 6.42 Å². The molecule has 2 aliphatic rings. The monoisotopic (exact) mass is 291 g/mol. The van der Waals surface area contributed by atoms with E-state index in [4.69, 9.17) is 0 Å². The molecule has 3 atom stereocenters. The predicted molar refractivity (Wildman–Crippen MR) is 79.5 cm³/mol. The highest BCUT2D eigenvalue weighted by Crippen LogP contribution is 2.32. The second-order valence-corrected chi connectivity index (χ2v) is 6.39. The van der Waals surface area contributed by atoms with Crippen LogP contribution in [0.25, 0.3) is 0 Å². The summed E-state index contributed by atoms with van der Waals surface area (Å²) in [6.45, 7) is 0.813. The smallest absolute Gasteiger partial charge is 0.223 e. The van der Waals surface area contributed by atoms with Gasteiger partial charge in [0.25, 0.3) is 0 Å². The summed E-state index contributed by atoms with van der Waals surface area (Å²) in [6.07, 6.45) is 11.0. The van der Waals surface area contributed by atoms with E-state index in [9.17, 15) is 9.90 Å². The molecule has 0 spiro atoms. The Kier molecular flexibility index (Phi) is 4.58. The lowest BCUT2D eigenvalue weighted by Crippen LogP contribution is -2.41. The van der Waals surface area contributed by atoms with Crippen LogP contribution >= 0.6 is 0 Å². The highest BCUT2D eigenvalue weighted by molar-refractivity contribution is 5.77. The predicted octanol–water partition coefficient (Wildman–Crippen LogP) is 2.40. The summed E-state index contributed by atoms with van der Waals surface area (Å²) in [4.78, 5) is 22.2. The maximum absolute atomic E-state index is 12.7. The average molecular weight is 291 g/mol. The van der Waals surface area contributed by atoms with Gasteiger partial charge in [-0.15, -0.1) is 0 Å². The molecule has 2 N–H and O–H groups in total. The number of amides is 1. The van der Waals surface area contributed by atoms with Crippen LogP contribution in [0.1, 0.15) is 63.2 Å². The van der Waals surface area contributed by atoms with E-state index in [0.717, 1.165) is 57.3 Å². The SMILES string of the molecule is O=C(C[C@@H]1CCCC[C@H]1O)N1CCCCC1c1ncc[nH]1. The number of aliphatic hydroxyl groups is 1. The van der Waals surface area contributed by atoms with Crippen molar-refractivity contribution in [3.63, 3.8) is 0 Å². The lowest BCUT2D eigenvalue weighted by Gasteiger charge is -2.36. The molecule has 0 radical (unpaired) electrons. The van der Waals surface area contributed by atoms with Crippen LogP contribution in [0.4, 0.5) is 0 Å². The molecule has 3 rings (SSSR count).